The summed E-state index contributed by atoms with van der Waals surface area (Å²) in [4.78, 5) is 12.4. The molecule has 0 heterocycles. The van der Waals surface area contributed by atoms with E-state index in [0.717, 1.165) is 18.2 Å². The first-order valence-electron chi connectivity index (χ1n) is 9.31. The van der Waals surface area contributed by atoms with Crippen molar-refractivity contribution in [2.75, 3.05) is 24.2 Å². The first-order valence-corrected chi connectivity index (χ1v) is 11.2. The van der Waals surface area contributed by atoms with Gasteiger partial charge in [0, 0.05) is 13.0 Å². The van der Waals surface area contributed by atoms with Gasteiger partial charge in [-0.15, -0.1) is 0 Å². The first-order chi connectivity index (χ1) is 13.4. The van der Waals surface area contributed by atoms with Gasteiger partial charge in [0.2, 0.25) is 15.9 Å². The van der Waals surface area contributed by atoms with Crippen molar-refractivity contribution < 1.29 is 17.9 Å². The quantitative estimate of drug-likeness (QED) is 0.657. The molecule has 0 aliphatic heterocycles. The van der Waals surface area contributed by atoms with Crippen LogP contribution in [-0.2, 0) is 14.8 Å². The Kier molecular flexibility index (Phi) is 7.87. The number of sulfonamides is 1. The second kappa shape index (κ2) is 10.1. The molecule has 0 radical (unpaired) electrons. The van der Waals surface area contributed by atoms with E-state index in [-0.39, 0.29) is 24.9 Å². The summed E-state index contributed by atoms with van der Waals surface area (Å²) in [5, 5.41) is 3.03. The lowest BCUT2D eigenvalue weighted by Crippen LogP contribution is -2.33. The molecule has 1 atom stereocenters. The van der Waals surface area contributed by atoms with Gasteiger partial charge in [0.15, 0.2) is 0 Å². The van der Waals surface area contributed by atoms with Crippen LogP contribution in [-0.4, -0.2) is 34.2 Å². The van der Waals surface area contributed by atoms with Gasteiger partial charge in [0.25, 0.3) is 0 Å². The molecular weight excluding hydrogens is 376 g/mol. The maximum absolute atomic E-state index is 12.4. The maximum atomic E-state index is 12.4. The Morgan fingerprint density at radius 2 is 1.75 bits per heavy atom. The van der Waals surface area contributed by atoms with Crippen molar-refractivity contribution in [3.63, 3.8) is 0 Å². The lowest BCUT2D eigenvalue weighted by Gasteiger charge is -2.24. The highest BCUT2D eigenvalue weighted by atomic mass is 32.2. The van der Waals surface area contributed by atoms with E-state index in [1.165, 1.54) is 11.4 Å². The number of hydrogen-bond acceptors (Lipinski definition) is 4. The van der Waals surface area contributed by atoms with Crippen LogP contribution >= 0.6 is 0 Å². The predicted molar refractivity (Wildman–Crippen MR) is 112 cm³/mol. The van der Waals surface area contributed by atoms with Crippen LogP contribution in [0.15, 0.2) is 54.6 Å². The molecule has 0 aliphatic carbocycles. The van der Waals surface area contributed by atoms with E-state index >= 15 is 0 Å². The number of ether oxygens (including phenoxy) is 1. The van der Waals surface area contributed by atoms with Crippen LogP contribution in [0.5, 0.6) is 5.75 Å². The van der Waals surface area contributed by atoms with Gasteiger partial charge in [-0.1, -0.05) is 49.4 Å². The summed E-state index contributed by atoms with van der Waals surface area (Å²) in [5.74, 6) is 0.386. The standard InChI is InChI=1S/C21H28N2O4S/c1-4-18(17-11-6-5-7-12-17)22-21(24)15-10-16-23(28(3,25)26)19-13-8-9-14-20(19)27-2/h5-9,11-14,18H,4,10,15-16H2,1-3H3,(H,22,24)/t18-/m1/s1. The molecule has 0 bridgehead atoms. The van der Waals surface area contributed by atoms with Crippen LogP contribution in [0, 0.1) is 0 Å². The summed E-state index contributed by atoms with van der Waals surface area (Å²) in [6.45, 7) is 2.22. The van der Waals surface area contributed by atoms with Crippen molar-refractivity contribution in [3.8, 4) is 5.75 Å². The van der Waals surface area contributed by atoms with E-state index in [9.17, 15) is 13.2 Å². The normalized spacial score (nSPS) is 12.2. The molecule has 2 aromatic rings. The summed E-state index contributed by atoms with van der Waals surface area (Å²) in [6, 6.07) is 16.7. The predicted octanol–water partition coefficient (Wildman–Crippen LogP) is 3.51. The van der Waals surface area contributed by atoms with Gasteiger partial charge in [0.05, 0.1) is 25.1 Å². The van der Waals surface area contributed by atoms with Gasteiger partial charge in [-0.2, -0.15) is 0 Å². The summed E-state index contributed by atoms with van der Waals surface area (Å²) in [6.07, 6.45) is 2.58. The average Bonchev–Trinajstić information content (AvgIpc) is 2.69. The van der Waals surface area contributed by atoms with E-state index < -0.39 is 10.0 Å². The molecule has 0 unspecified atom stereocenters. The second-order valence-corrected chi connectivity index (χ2v) is 8.46. The molecule has 1 amide bonds. The summed E-state index contributed by atoms with van der Waals surface area (Å²) in [7, 11) is -2.00. The van der Waals surface area contributed by atoms with Crippen LogP contribution in [0.3, 0.4) is 0 Å². The van der Waals surface area contributed by atoms with Crippen LogP contribution in [0.1, 0.15) is 37.8 Å². The Morgan fingerprint density at radius 1 is 1.11 bits per heavy atom. The Morgan fingerprint density at radius 3 is 2.36 bits per heavy atom. The lowest BCUT2D eigenvalue weighted by molar-refractivity contribution is -0.121. The monoisotopic (exact) mass is 404 g/mol. The first kappa shape index (κ1) is 21.8. The lowest BCUT2D eigenvalue weighted by atomic mass is 10.0. The number of para-hydroxylation sites is 2. The van der Waals surface area contributed by atoms with Gasteiger partial charge in [-0.05, 0) is 30.5 Å². The van der Waals surface area contributed by atoms with Crippen LogP contribution in [0.25, 0.3) is 0 Å². The van der Waals surface area contributed by atoms with Gasteiger partial charge < -0.3 is 10.1 Å². The van der Waals surface area contributed by atoms with Crippen molar-refractivity contribution in [3.05, 3.63) is 60.2 Å². The Labute approximate surface area is 167 Å². The molecule has 0 aliphatic rings. The van der Waals surface area contributed by atoms with Crippen molar-refractivity contribution >= 4 is 21.6 Å². The number of carbonyl (C=O) groups is 1. The van der Waals surface area contributed by atoms with Crippen molar-refractivity contribution in [1.29, 1.82) is 0 Å². The average molecular weight is 405 g/mol. The zero-order valence-electron chi connectivity index (χ0n) is 16.6. The number of hydrogen-bond donors (Lipinski definition) is 1. The molecule has 2 rings (SSSR count). The molecule has 7 heteroatoms. The number of rotatable bonds is 10. The molecule has 0 saturated carbocycles. The Bertz CT molecular complexity index is 869. The molecule has 0 fully saturated rings. The van der Waals surface area contributed by atoms with E-state index in [0.29, 0.717) is 17.9 Å². The fourth-order valence-electron chi connectivity index (χ4n) is 3.06. The summed E-state index contributed by atoms with van der Waals surface area (Å²) >= 11 is 0. The Balaban J connectivity index is 1.99. The fourth-order valence-corrected chi connectivity index (χ4v) is 4.03. The summed E-state index contributed by atoms with van der Waals surface area (Å²) in [5.41, 5.74) is 1.54. The molecule has 0 aromatic heterocycles. The van der Waals surface area contributed by atoms with E-state index in [2.05, 4.69) is 5.32 Å². The zero-order chi connectivity index (χ0) is 20.6. The maximum Gasteiger partial charge on any atom is 0.232 e. The molecule has 6 nitrogen and oxygen atoms in total. The zero-order valence-corrected chi connectivity index (χ0v) is 17.4. The molecule has 152 valence electrons. The van der Waals surface area contributed by atoms with Gasteiger partial charge >= 0.3 is 0 Å². The van der Waals surface area contributed by atoms with Gasteiger partial charge in [0.1, 0.15) is 5.75 Å². The van der Waals surface area contributed by atoms with Crippen LogP contribution in [0.2, 0.25) is 0 Å². The van der Waals surface area contributed by atoms with Crippen molar-refractivity contribution in [2.24, 2.45) is 0 Å². The number of anilines is 1. The minimum atomic E-state index is -3.50. The third kappa shape index (κ3) is 5.99. The number of benzene rings is 2. The molecule has 1 N–H and O–H groups in total. The highest BCUT2D eigenvalue weighted by molar-refractivity contribution is 7.92. The highest BCUT2D eigenvalue weighted by Crippen LogP contribution is 2.29. The summed E-state index contributed by atoms with van der Waals surface area (Å²) < 4.78 is 31.1. The third-order valence-electron chi connectivity index (χ3n) is 4.46. The SMILES string of the molecule is CC[C@@H](NC(=O)CCCN(c1ccccc1OC)S(C)(=O)=O)c1ccccc1. The van der Waals surface area contributed by atoms with Gasteiger partial charge in [-0.3, -0.25) is 9.10 Å². The van der Waals surface area contributed by atoms with E-state index in [1.54, 1.807) is 24.3 Å². The topological polar surface area (TPSA) is 75.7 Å². The Hall–Kier alpha value is -2.54. The molecule has 28 heavy (non-hydrogen) atoms. The van der Waals surface area contributed by atoms with E-state index in [1.807, 2.05) is 37.3 Å². The van der Waals surface area contributed by atoms with Crippen LogP contribution < -0.4 is 14.4 Å². The van der Waals surface area contributed by atoms with Gasteiger partial charge in [-0.25, -0.2) is 8.42 Å². The third-order valence-corrected chi connectivity index (χ3v) is 5.64. The number of nitrogens with zero attached hydrogens (tertiary/aromatic N) is 1. The minimum absolute atomic E-state index is 0.0473. The molecular formula is C21H28N2O4S. The number of methoxy groups -OCH3 is 1. The second-order valence-electron chi connectivity index (χ2n) is 6.55. The fraction of sp³-hybridized carbons (Fsp3) is 0.381. The minimum Gasteiger partial charge on any atom is -0.495 e. The van der Waals surface area contributed by atoms with E-state index in [4.69, 9.17) is 4.74 Å². The largest absolute Gasteiger partial charge is 0.495 e. The van der Waals surface area contributed by atoms with Crippen LogP contribution in [0.4, 0.5) is 5.69 Å². The number of amides is 1. The molecule has 2 aromatic carbocycles. The van der Waals surface area contributed by atoms with Crippen molar-refractivity contribution in [2.45, 2.75) is 32.2 Å². The molecule has 0 saturated heterocycles. The van der Waals surface area contributed by atoms with Crippen molar-refractivity contribution in [1.82, 2.24) is 5.32 Å². The smallest absolute Gasteiger partial charge is 0.232 e. The molecule has 0 spiro atoms. The highest BCUT2D eigenvalue weighted by Gasteiger charge is 2.21. The number of nitrogens with one attached hydrogen (secondary N) is 1. The number of carbonyl (C=O) groups excluding carboxylic acids is 1.